The summed E-state index contributed by atoms with van der Waals surface area (Å²) in [4.78, 5) is 25.6. The predicted molar refractivity (Wildman–Crippen MR) is 97.6 cm³/mol. The van der Waals surface area contributed by atoms with Gasteiger partial charge in [-0.3, -0.25) is 4.79 Å². The van der Waals surface area contributed by atoms with Crippen molar-refractivity contribution in [1.29, 1.82) is 0 Å². The van der Waals surface area contributed by atoms with Crippen molar-refractivity contribution in [3.8, 4) is 5.75 Å². The summed E-state index contributed by atoms with van der Waals surface area (Å²) in [5, 5.41) is 3.10. The number of hydrogen-bond donors (Lipinski definition) is 1. The third-order valence-electron chi connectivity index (χ3n) is 3.63. The maximum absolute atomic E-state index is 12.4. The second-order valence-electron chi connectivity index (χ2n) is 5.26. The minimum Gasteiger partial charge on any atom is -0.497 e. The third kappa shape index (κ3) is 3.72. The van der Waals surface area contributed by atoms with Crippen molar-refractivity contribution in [2.75, 3.05) is 12.0 Å². The number of nitrogens with one attached hydrogen (secondary N) is 1. The van der Waals surface area contributed by atoms with Crippen LogP contribution in [0, 0.1) is 0 Å². The molecule has 2 aromatic carbocycles. The molecular weight excluding hydrogens is 340 g/mol. The van der Waals surface area contributed by atoms with Gasteiger partial charge in [-0.1, -0.05) is 35.9 Å². The largest absolute Gasteiger partial charge is 0.497 e. The number of urea groups is 1. The molecule has 0 aliphatic carbocycles. The molecule has 3 amide bonds. The number of halogens is 1. The number of amides is 3. The Labute approximate surface area is 150 Å². The van der Waals surface area contributed by atoms with Crippen LogP contribution < -0.4 is 15.0 Å². The smallest absolute Gasteiger partial charge is 0.333 e. The van der Waals surface area contributed by atoms with Gasteiger partial charge in [0.1, 0.15) is 11.4 Å². The average molecular weight is 355 g/mol. The van der Waals surface area contributed by atoms with Crippen LogP contribution >= 0.6 is 11.6 Å². The van der Waals surface area contributed by atoms with Crippen molar-refractivity contribution in [2.24, 2.45) is 0 Å². The lowest BCUT2D eigenvalue weighted by molar-refractivity contribution is -0.113. The summed E-state index contributed by atoms with van der Waals surface area (Å²) in [6.07, 6.45) is 5.11. The van der Waals surface area contributed by atoms with Crippen LogP contribution in [0.5, 0.6) is 5.75 Å². The van der Waals surface area contributed by atoms with E-state index in [-0.39, 0.29) is 5.70 Å². The number of ether oxygens (including phenoxy) is 1. The van der Waals surface area contributed by atoms with E-state index in [0.29, 0.717) is 10.7 Å². The zero-order chi connectivity index (χ0) is 17.8. The molecule has 6 heteroatoms. The number of carbonyl (C=O) groups is 2. The molecule has 1 fully saturated rings. The standard InChI is InChI=1S/C19H15ClN2O3/c1-25-16-11-5-13(6-12-16)3-2-4-17-18(23)22(19(24)21-17)15-9-7-14(20)8-10-15/h2-12H,1H3,(H,21,24)/b3-2+,17-4+. The lowest BCUT2D eigenvalue weighted by Crippen LogP contribution is -2.30. The lowest BCUT2D eigenvalue weighted by Gasteiger charge is -2.11. The van der Waals surface area contributed by atoms with E-state index in [1.54, 1.807) is 43.5 Å². The first-order valence-electron chi connectivity index (χ1n) is 7.52. The van der Waals surface area contributed by atoms with Gasteiger partial charge in [-0.15, -0.1) is 0 Å². The zero-order valence-electron chi connectivity index (χ0n) is 13.4. The number of hydrogen-bond acceptors (Lipinski definition) is 3. The Morgan fingerprint density at radius 3 is 2.36 bits per heavy atom. The Balaban J connectivity index is 1.75. The van der Waals surface area contributed by atoms with Crippen molar-refractivity contribution in [3.63, 3.8) is 0 Å². The van der Waals surface area contributed by atoms with Gasteiger partial charge in [0.05, 0.1) is 12.8 Å². The van der Waals surface area contributed by atoms with Crippen LogP contribution in [-0.2, 0) is 4.79 Å². The minimum atomic E-state index is -0.489. The molecule has 0 aromatic heterocycles. The number of nitrogens with zero attached hydrogens (tertiary/aromatic N) is 1. The zero-order valence-corrected chi connectivity index (χ0v) is 14.2. The summed E-state index contributed by atoms with van der Waals surface area (Å²) in [6, 6.07) is 13.5. The molecule has 1 heterocycles. The van der Waals surface area contributed by atoms with E-state index in [1.807, 2.05) is 30.3 Å². The molecule has 1 aliphatic heterocycles. The number of imide groups is 1. The molecule has 0 atom stereocenters. The Hall–Kier alpha value is -3.05. The van der Waals surface area contributed by atoms with E-state index in [4.69, 9.17) is 16.3 Å². The van der Waals surface area contributed by atoms with Gasteiger partial charge in [0, 0.05) is 5.02 Å². The van der Waals surface area contributed by atoms with Crippen molar-refractivity contribution in [1.82, 2.24) is 5.32 Å². The molecule has 0 saturated carbocycles. The van der Waals surface area contributed by atoms with E-state index in [1.165, 1.54) is 0 Å². The third-order valence-corrected chi connectivity index (χ3v) is 3.88. The highest BCUT2D eigenvalue weighted by Crippen LogP contribution is 2.23. The number of anilines is 1. The SMILES string of the molecule is COc1ccc(/C=C/C=C2/NC(=O)N(c3ccc(Cl)cc3)C2=O)cc1. The van der Waals surface area contributed by atoms with Crippen LogP contribution in [0.1, 0.15) is 5.56 Å². The molecule has 2 aromatic rings. The van der Waals surface area contributed by atoms with Crippen LogP contribution in [0.3, 0.4) is 0 Å². The van der Waals surface area contributed by atoms with Crippen LogP contribution in [0.25, 0.3) is 6.08 Å². The molecule has 0 radical (unpaired) electrons. The highest BCUT2D eigenvalue weighted by Gasteiger charge is 2.34. The van der Waals surface area contributed by atoms with Gasteiger partial charge in [0.15, 0.2) is 0 Å². The molecule has 3 rings (SSSR count). The number of carbonyl (C=O) groups excluding carboxylic acids is 2. The summed E-state index contributed by atoms with van der Waals surface area (Å²) in [5.41, 5.74) is 1.63. The van der Waals surface area contributed by atoms with Gasteiger partial charge >= 0.3 is 6.03 Å². The average Bonchev–Trinajstić information content (AvgIpc) is 2.90. The van der Waals surface area contributed by atoms with Crippen LogP contribution in [-0.4, -0.2) is 19.0 Å². The first-order chi connectivity index (χ1) is 12.1. The maximum atomic E-state index is 12.4. The summed E-state index contributed by atoms with van der Waals surface area (Å²) in [6.45, 7) is 0. The van der Waals surface area contributed by atoms with Crippen LogP contribution in [0.15, 0.2) is 66.4 Å². The first kappa shape index (κ1) is 16.8. The molecule has 126 valence electrons. The summed E-state index contributed by atoms with van der Waals surface area (Å²) in [5.74, 6) is 0.360. The fraction of sp³-hybridized carbons (Fsp3) is 0.0526. The topological polar surface area (TPSA) is 58.6 Å². The van der Waals surface area contributed by atoms with Crippen LogP contribution in [0.2, 0.25) is 5.02 Å². The van der Waals surface area contributed by atoms with E-state index < -0.39 is 11.9 Å². The van der Waals surface area contributed by atoms with Gasteiger partial charge in [-0.25, -0.2) is 9.69 Å². The van der Waals surface area contributed by atoms with E-state index in [0.717, 1.165) is 16.2 Å². The van der Waals surface area contributed by atoms with Gasteiger partial charge < -0.3 is 10.1 Å². The van der Waals surface area contributed by atoms with Gasteiger partial charge in [-0.2, -0.15) is 0 Å². The molecule has 0 unspecified atom stereocenters. The molecular formula is C19H15ClN2O3. The summed E-state index contributed by atoms with van der Waals surface area (Å²) < 4.78 is 5.10. The molecule has 1 aliphatic rings. The molecule has 0 bridgehead atoms. The van der Waals surface area contributed by atoms with Crippen molar-refractivity contribution >= 4 is 35.3 Å². The fourth-order valence-corrected chi connectivity index (χ4v) is 2.47. The molecule has 1 saturated heterocycles. The number of benzene rings is 2. The molecule has 25 heavy (non-hydrogen) atoms. The lowest BCUT2D eigenvalue weighted by atomic mass is 10.2. The van der Waals surface area contributed by atoms with Crippen molar-refractivity contribution in [2.45, 2.75) is 0 Å². The Morgan fingerprint density at radius 2 is 1.72 bits per heavy atom. The van der Waals surface area contributed by atoms with Crippen LogP contribution in [0.4, 0.5) is 10.5 Å². The minimum absolute atomic E-state index is 0.213. The van der Waals surface area contributed by atoms with Gasteiger partial charge in [0.2, 0.25) is 0 Å². The monoisotopic (exact) mass is 354 g/mol. The fourth-order valence-electron chi connectivity index (χ4n) is 2.35. The summed E-state index contributed by atoms with van der Waals surface area (Å²) >= 11 is 5.83. The highest BCUT2D eigenvalue weighted by atomic mass is 35.5. The maximum Gasteiger partial charge on any atom is 0.333 e. The van der Waals surface area contributed by atoms with Gasteiger partial charge in [0.25, 0.3) is 5.91 Å². The van der Waals surface area contributed by atoms with E-state index >= 15 is 0 Å². The van der Waals surface area contributed by atoms with E-state index in [9.17, 15) is 9.59 Å². The van der Waals surface area contributed by atoms with Crippen molar-refractivity contribution < 1.29 is 14.3 Å². The highest BCUT2D eigenvalue weighted by molar-refractivity contribution is 6.31. The number of rotatable bonds is 4. The quantitative estimate of drug-likeness (QED) is 0.666. The number of methoxy groups -OCH3 is 1. The Kier molecular flexibility index (Phi) is 4.86. The second kappa shape index (κ2) is 7.23. The van der Waals surface area contributed by atoms with Gasteiger partial charge in [-0.05, 0) is 48.0 Å². The molecule has 5 nitrogen and oxygen atoms in total. The summed E-state index contributed by atoms with van der Waals surface area (Å²) in [7, 11) is 1.61. The van der Waals surface area contributed by atoms with Crippen molar-refractivity contribution in [3.05, 3.63) is 77.0 Å². The molecule has 0 spiro atoms. The molecule has 1 N–H and O–H groups in total. The Morgan fingerprint density at radius 1 is 1.04 bits per heavy atom. The normalized spacial score (nSPS) is 15.9. The first-order valence-corrected chi connectivity index (χ1v) is 7.90. The predicted octanol–water partition coefficient (Wildman–Crippen LogP) is 4.00. The Bertz CT molecular complexity index is 855. The van der Waals surface area contributed by atoms with E-state index in [2.05, 4.69) is 5.32 Å². The second-order valence-corrected chi connectivity index (χ2v) is 5.70. The number of allylic oxidation sites excluding steroid dienone is 2.